The molecule has 9 atom stereocenters. The first kappa shape index (κ1) is 46.7. The van der Waals surface area contributed by atoms with Gasteiger partial charge in [-0.15, -0.1) is 0 Å². The number of hydrogen-bond donors (Lipinski definition) is 0. The molecule has 18 heteroatoms. The van der Waals surface area contributed by atoms with E-state index in [1.807, 2.05) is 0 Å². The highest BCUT2D eigenvalue weighted by Crippen LogP contribution is 2.60. The van der Waals surface area contributed by atoms with Crippen molar-refractivity contribution in [1.29, 1.82) is 0 Å². The molecule has 0 aromatic heterocycles. The molecule has 0 N–H and O–H groups in total. The van der Waals surface area contributed by atoms with Crippen LogP contribution < -0.4 is 0 Å². The maximum Gasteiger partial charge on any atom is 0.335 e. The van der Waals surface area contributed by atoms with Crippen LogP contribution >= 0.6 is 0 Å². The van der Waals surface area contributed by atoms with E-state index in [-0.39, 0.29) is 76.8 Å². The summed E-state index contributed by atoms with van der Waals surface area (Å²) in [6.45, 7) is -1.54. The van der Waals surface area contributed by atoms with Gasteiger partial charge in [-0.25, -0.2) is 0 Å². The van der Waals surface area contributed by atoms with E-state index in [4.69, 9.17) is 37.9 Å². The lowest BCUT2D eigenvalue weighted by molar-refractivity contribution is -0.368. The second kappa shape index (κ2) is 16.5. The minimum Gasteiger partial charge on any atom is -0.464 e. The van der Waals surface area contributed by atoms with Crippen LogP contribution in [0.4, 0.5) is 35.1 Å². The quantitative estimate of drug-likeness (QED) is 0.190. The zero-order valence-electron chi connectivity index (χ0n) is 35.9. The van der Waals surface area contributed by atoms with Gasteiger partial charge < -0.3 is 37.9 Å². The van der Waals surface area contributed by atoms with E-state index in [1.54, 1.807) is 6.92 Å². The lowest BCUT2D eigenvalue weighted by Gasteiger charge is -2.57. The normalized spacial score (nSPS) is 44.6. The summed E-state index contributed by atoms with van der Waals surface area (Å²) in [5.74, 6) is -22.3. The Balaban J connectivity index is 1.01. The van der Waals surface area contributed by atoms with Crippen molar-refractivity contribution in [3.8, 4) is 0 Å². The number of carbonyl (C=O) groups excluding carboxylic acids is 2. The minimum absolute atomic E-state index is 0.000718. The van der Waals surface area contributed by atoms with Gasteiger partial charge in [0.05, 0.1) is 41.7 Å². The number of alkyl halides is 8. The molecular weight excluding hydrogens is 840 g/mol. The number of ether oxygens (including phenoxy) is 8. The molecule has 6 bridgehead atoms. The molecule has 2 spiro atoms. The van der Waals surface area contributed by atoms with Crippen molar-refractivity contribution in [2.45, 2.75) is 165 Å². The van der Waals surface area contributed by atoms with Gasteiger partial charge in [-0.1, -0.05) is 33.1 Å². The SMILES string of the molecule is CC1CC2(C(=O)OCC3(COC(=O)C45CCCC(C4)C4(OCC(F)(F)C(F)(F)CO4)C(C)C5)COC4(OC3)C(C)CC3CCCC4C3)CCCC(C2)OCC(F)(F)C(F)(F)CO1. The lowest BCUT2D eigenvalue weighted by atomic mass is 9.56. The van der Waals surface area contributed by atoms with Crippen LogP contribution in [-0.2, 0) is 47.5 Å². The molecule has 3 aliphatic heterocycles. The maximum absolute atomic E-state index is 14.6. The average molecular weight is 903 g/mol. The van der Waals surface area contributed by atoms with Crippen LogP contribution in [0.3, 0.4) is 0 Å². The molecule has 0 amide bonds. The van der Waals surface area contributed by atoms with Crippen LogP contribution in [0.2, 0.25) is 0 Å². The van der Waals surface area contributed by atoms with Crippen LogP contribution in [0, 0.1) is 45.8 Å². The van der Waals surface area contributed by atoms with E-state index in [1.165, 1.54) is 6.92 Å². The van der Waals surface area contributed by atoms with E-state index in [0.717, 1.165) is 32.1 Å². The molecule has 8 rings (SSSR count). The largest absolute Gasteiger partial charge is 0.464 e. The molecule has 5 aliphatic carbocycles. The number of halogens is 8. The second-order valence-electron chi connectivity index (χ2n) is 20.7. The standard InChI is InChI=1S/C44H62F8O10/c1-27-13-30-7-4-8-31(14-30)43(27)59-21-36(22-60-43,20-58-35(54)38-12-6-10-33(18-38)56-24-40(47,48)39(45,46)23-55-29(3)16-38)19-57-34(53)37-11-5-9-32(17-37)44(28(2)15-37)61-25-41(49,50)42(51,52)26-62-44/h27-33H,4-26H2,1-3H3. The summed E-state index contributed by atoms with van der Waals surface area (Å²) in [6.07, 6.45) is 5.33. The van der Waals surface area contributed by atoms with Gasteiger partial charge in [-0.05, 0) is 89.9 Å². The number of fused-ring (bicyclic) bond motifs is 8. The summed E-state index contributed by atoms with van der Waals surface area (Å²) >= 11 is 0. The summed E-state index contributed by atoms with van der Waals surface area (Å²) in [6, 6.07) is 0. The van der Waals surface area contributed by atoms with Crippen molar-refractivity contribution in [1.82, 2.24) is 0 Å². The van der Waals surface area contributed by atoms with Gasteiger partial charge >= 0.3 is 35.6 Å². The summed E-state index contributed by atoms with van der Waals surface area (Å²) in [4.78, 5) is 28.9. The molecule has 354 valence electrons. The predicted molar refractivity (Wildman–Crippen MR) is 201 cm³/mol. The minimum atomic E-state index is -4.49. The molecule has 10 nitrogen and oxygen atoms in total. The van der Waals surface area contributed by atoms with Crippen molar-refractivity contribution in [2.75, 3.05) is 52.9 Å². The summed E-state index contributed by atoms with van der Waals surface area (Å²) in [5.41, 5.74) is -3.63. The molecule has 0 aromatic rings. The van der Waals surface area contributed by atoms with Gasteiger partial charge in [-0.2, -0.15) is 35.1 Å². The van der Waals surface area contributed by atoms with Gasteiger partial charge in [0, 0.05) is 23.7 Å². The number of carbonyl (C=O) groups is 2. The van der Waals surface area contributed by atoms with E-state index in [9.17, 15) is 44.7 Å². The smallest absolute Gasteiger partial charge is 0.335 e. The van der Waals surface area contributed by atoms with Crippen LogP contribution in [0.25, 0.3) is 0 Å². The molecule has 3 saturated heterocycles. The van der Waals surface area contributed by atoms with Crippen molar-refractivity contribution < 1.29 is 82.6 Å². The first-order valence-corrected chi connectivity index (χ1v) is 22.7. The highest BCUT2D eigenvalue weighted by molar-refractivity contribution is 5.78. The van der Waals surface area contributed by atoms with Crippen molar-refractivity contribution in [3.05, 3.63) is 0 Å². The Morgan fingerprint density at radius 1 is 0.532 bits per heavy atom. The third-order valence-electron chi connectivity index (χ3n) is 16.2. The summed E-state index contributed by atoms with van der Waals surface area (Å²) in [7, 11) is 0. The lowest BCUT2D eigenvalue weighted by Crippen LogP contribution is -2.62. The van der Waals surface area contributed by atoms with Crippen molar-refractivity contribution in [3.63, 3.8) is 0 Å². The molecule has 62 heavy (non-hydrogen) atoms. The fourth-order valence-corrected chi connectivity index (χ4v) is 12.7. The molecular formula is C44H62F8O10. The van der Waals surface area contributed by atoms with Crippen LogP contribution in [-0.4, -0.2) is 112 Å². The van der Waals surface area contributed by atoms with Gasteiger partial charge in [0.25, 0.3) is 0 Å². The van der Waals surface area contributed by atoms with Crippen LogP contribution in [0.1, 0.15) is 117 Å². The first-order chi connectivity index (χ1) is 29.0. The second-order valence-corrected chi connectivity index (χ2v) is 20.7. The number of esters is 2. The fraction of sp³-hybridized carbons (Fsp3) is 0.955. The predicted octanol–water partition coefficient (Wildman–Crippen LogP) is 8.90. The highest BCUT2D eigenvalue weighted by Gasteiger charge is 2.67. The Labute approximate surface area is 357 Å². The Hall–Kier alpha value is -1.86. The molecule has 9 unspecified atom stereocenters. The number of rotatable bonds is 6. The molecule has 5 saturated carbocycles. The van der Waals surface area contributed by atoms with Gasteiger partial charge in [0.15, 0.2) is 11.6 Å². The van der Waals surface area contributed by atoms with Crippen molar-refractivity contribution in [2.24, 2.45) is 45.8 Å². The zero-order valence-corrected chi connectivity index (χ0v) is 35.9. The van der Waals surface area contributed by atoms with Crippen molar-refractivity contribution >= 4 is 11.9 Å². The van der Waals surface area contributed by atoms with Gasteiger partial charge in [0.1, 0.15) is 39.6 Å². The third-order valence-corrected chi connectivity index (χ3v) is 16.2. The van der Waals surface area contributed by atoms with E-state index in [2.05, 4.69) is 6.92 Å². The van der Waals surface area contributed by atoms with Crippen LogP contribution in [0.15, 0.2) is 0 Å². The summed E-state index contributed by atoms with van der Waals surface area (Å²) in [5, 5.41) is 0. The molecule has 0 aromatic carbocycles. The fourth-order valence-electron chi connectivity index (χ4n) is 12.7. The first-order valence-electron chi connectivity index (χ1n) is 22.7. The number of hydrogen-bond acceptors (Lipinski definition) is 10. The van der Waals surface area contributed by atoms with E-state index < -0.39 is 114 Å². The molecule has 0 radical (unpaired) electrons. The van der Waals surface area contributed by atoms with Gasteiger partial charge in [0.2, 0.25) is 0 Å². The van der Waals surface area contributed by atoms with Gasteiger partial charge in [-0.3, -0.25) is 9.59 Å². The van der Waals surface area contributed by atoms with Crippen LogP contribution in [0.5, 0.6) is 0 Å². The average Bonchev–Trinajstić information content (AvgIpc) is 3.32. The third kappa shape index (κ3) is 8.20. The topological polar surface area (TPSA) is 108 Å². The molecule has 8 aliphatic rings. The monoisotopic (exact) mass is 902 g/mol. The summed E-state index contributed by atoms with van der Waals surface area (Å²) < 4.78 is 164. The molecule has 3 heterocycles. The van der Waals surface area contributed by atoms with E-state index >= 15 is 0 Å². The Bertz CT molecular complexity index is 1630. The highest BCUT2D eigenvalue weighted by atomic mass is 19.3. The van der Waals surface area contributed by atoms with E-state index in [0.29, 0.717) is 31.6 Å². The zero-order chi connectivity index (χ0) is 44.6. The Morgan fingerprint density at radius 3 is 1.68 bits per heavy atom. The molecule has 8 fully saturated rings. The maximum atomic E-state index is 14.6. The Morgan fingerprint density at radius 2 is 1.05 bits per heavy atom. The Kier molecular flexibility index (Phi) is 12.4.